The van der Waals surface area contributed by atoms with E-state index < -0.39 is 0 Å². The van der Waals surface area contributed by atoms with Gasteiger partial charge in [0.25, 0.3) is 0 Å². The Bertz CT molecular complexity index is 619. The van der Waals surface area contributed by atoms with E-state index in [9.17, 15) is 4.79 Å². The molecule has 6 nitrogen and oxygen atoms in total. The van der Waals surface area contributed by atoms with Crippen LogP contribution in [0.4, 0.5) is 16.3 Å². The topological polar surface area (TPSA) is 66.5 Å². The summed E-state index contributed by atoms with van der Waals surface area (Å²) in [5.74, 6) is 0.919. The van der Waals surface area contributed by atoms with Gasteiger partial charge in [0.2, 0.25) is 0 Å². The lowest BCUT2D eigenvalue weighted by Gasteiger charge is -2.36. The SMILES string of the molecule is C[C@@H]1CN(c2ccc(NC(=O)NCCC3=CCCCC3)cn2)C[C@@H](C)O1. The number of pyridine rings is 1. The Hall–Kier alpha value is -2.08. The lowest BCUT2D eigenvalue weighted by molar-refractivity contribution is -0.00545. The van der Waals surface area contributed by atoms with Crippen LogP contribution in [0, 0.1) is 0 Å². The quantitative estimate of drug-likeness (QED) is 0.788. The number of aromatic nitrogens is 1. The van der Waals surface area contributed by atoms with Gasteiger partial charge in [-0.1, -0.05) is 11.6 Å². The number of nitrogens with zero attached hydrogens (tertiary/aromatic N) is 2. The predicted molar refractivity (Wildman–Crippen MR) is 105 cm³/mol. The molecule has 26 heavy (non-hydrogen) atoms. The van der Waals surface area contributed by atoms with Crippen LogP contribution in [0.5, 0.6) is 0 Å². The van der Waals surface area contributed by atoms with Crippen LogP contribution < -0.4 is 15.5 Å². The summed E-state index contributed by atoms with van der Waals surface area (Å²) < 4.78 is 5.76. The number of carbonyl (C=O) groups is 1. The van der Waals surface area contributed by atoms with Crippen LogP contribution in [-0.2, 0) is 4.74 Å². The number of rotatable bonds is 5. The maximum Gasteiger partial charge on any atom is 0.319 e. The van der Waals surface area contributed by atoms with Crippen LogP contribution in [0.25, 0.3) is 0 Å². The molecule has 1 aromatic rings. The Morgan fingerprint density at radius 1 is 1.27 bits per heavy atom. The number of amides is 2. The van der Waals surface area contributed by atoms with Gasteiger partial charge >= 0.3 is 6.03 Å². The van der Waals surface area contributed by atoms with Crippen molar-refractivity contribution in [2.24, 2.45) is 0 Å². The molecule has 3 rings (SSSR count). The lowest BCUT2D eigenvalue weighted by atomic mass is 9.97. The molecular weight excluding hydrogens is 328 g/mol. The van der Waals surface area contributed by atoms with Crippen LogP contribution in [0.1, 0.15) is 46.0 Å². The molecule has 0 bridgehead atoms. The van der Waals surface area contributed by atoms with Gasteiger partial charge in [-0.2, -0.15) is 0 Å². The number of nitrogens with one attached hydrogen (secondary N) is 2. The molecule has 1 aliphatic carbocycles. The first kappa shape index (κ1) is 18.7. The van der Waals surface area contributed by atoms with Gasteiger partial charge in [-0.25, -0.2) is 9.78 Å². The maximum atomic E-state index is 12.0. The first-order valence-corrected chi connectivity index (χ1v) is 9.69. The van der Waals surface area contributed by atoms with Gasteiger partial charge in [0.05, 0.1) is 24.1 Å². The molecular formula is C20H30N4O2. The number of ether oxygens (including phenoxy) is 1. The Labute approximate surface area is 156 Å². The second kappa shape index (κ2) is 9.03. The molecule has 0 radical (unpaired) electrons. The summed E-state index contributed by atoms with van der Waals surface area (Å²) in [7, 11) is 0. The number of hydrogen-bond donors (Lipinski definition) is 2. The van der Waals surface area contributed by atoms with Crippen molar-refractivity contribution >= 4 is 17.5 Å². The molecule has 0 unspecified atom stereocenters. The zero-order valence-electron chi connectivity index (χ0n) is 15.8. The molecule has 2 amide bonds. The predicted octanol–water partition coefficient (Wildman–Crippen LogP) is 3.71. The van der Waals surface area contributed by atoms with Crippen molar-refractivity contribution in [1.82, 2.24) is 10.3 Å². The molecule has 1 fully saturated rings. The normalized spacial score (nSPS) is 23.3. The second-order valence-corrected chi connectivity index (χ2v) is 7.31. The van der Waals surface area contributed by atoms with E-state index in [2.05, 4.69) is 40.4 Å². The average Bonchev–Trinajstić information content (AvgIpc) is 2.62. The van der Waals surface area contributed by atoms with Crippen molar-refractivity contribution in [3.63, 3.8) is 0 Å². The highest BCUT2D eigenvalue weighted by atomic mass is 16.5. The average molecular weight is 358 g/mol. The third-order valence-corrected chi connectivity index (χ3v) is 4.87. The summed E-state index contributed by atoms with van der Waals surface area (Å²) in [5.41, 5.74) is 2.18. The molecule has 1 aliphatic heterocycles. The van der Waals surface area contributed by atoms with Crippen LogP contribution in [0.15, 0.2) is 30.0 Å². The Morgan fingerprint density at radius 2 is 2.08 bits per heavy atom. The summed E-state index contributed by atoms with van der Waals surface area (Å²) in [6, 6.07) is 3.67. The number of hydrogen-bond acceptors (Lipinski definition) is 4. The van der Waals surface area contributed by atoms with E-state index >= 15 is 0 Å². The molecule has 142 valence electrons. The van der Waals surface area contributed by atoms with E-state index in [0.717, 1.165) is 25.3 Å². The molecule has 0 saturated carbocycles. The molecule has 6 heteroatoms. The van der Waals surface area contributed by atoms with Crippen molar-refractivity contribution in [2.75, 3.05) is 29.9 Å². The monoisotopic (exact) mass is 358 g/mol. The second-order valence-electron chi connectivity index (χ2n) is 7.31. The first-order chi connectivity index (χ1) is 12.6. The third kappa shape index (κ3) is 5.46. The standard InChI is InChI=1S/C20H30N4O2/c1-15-13-24(14-16(2)26-15)19-9-8-18(12-22-19)23-20(25)21-11-10-17-6-4-3-5-7-17/h6,8-9,12,15-16H,3-5,7,10-11,13-14H2,1-2H3,(H2,21,23,25)/t15-,16-/m1/s1. The molecule has 2 N–H and O–H groups in total. The minimum atomic E-state index is -0.176. The fourth-order valence-corrected chi connectivity index (χ4v) is 3.66. The summed E-state index contributed by atoms with van der Waals surface area (Å²) in [5, 5.41) is 5.77. The fourth-order valence-electron chi connectivity index (χ4n) is 3.66. The van der Waals surface area contributed by atoms with E-state index in [1.165, 1.54) is 31.3 Å². The molecule has 2 heterocycles. The van der Waals surface area contributed by atoms with Crippen molar-refractivity contribution in [3.8, 4) is 0 Å². The van der Waals surface area contributed by atoms with Crippen molar-refractivity contribution in [2.45, 2.75) is 58.2 Å². The van der Waals surface area contributed by atoms with E-state index in [-0.39, 0.29) is 18.2 Å². The zero-order valence-corrected chi connectivity index (χ0v) is 15.8. The summed E-state index contributed by atoms with van der Waals surface area (Å²) in [6.07, 6.45) is 10.3. The van der Waals surface area contributed by atoms with E-state index in [0.29, 0.717) is 12.2 Å². The van der Waals surface area contributed by atoms with Gasteiger partial charge in [-0.3, -0.25) is 0 Å². The van der Waals surface area contributed by atoms with Gasteiger partial charge in [0.15, 0.2) is 0 Å². The highest BCUT2D eigenvalue weighted by Gasteiger charge is 2.23. The summed E-state index contributed by atoms with van der Waals surface area (Å²) in [6.45, 7) is 6.49. The highest BCUT2D eigenvalue weighted by Crippen LogP contribution is 2.20. The molecule has 2 atom stereocenters. The zero-order chi connectivity index (χ0) is 18.4. The Kier molecular flexibility index (Phi) is 6.50. The Balaban J connectivity index is 1.44. The van der Waals surface area contributed by atoms with E-state index in [1.54, 1.807) is 6.20 Å². The summed E-state index contributed by atoms with van der Waals surface area (Å²) >= 11 is 0. The van der Waals surface area contributed by atoms with E-state index in [4.69, 9.17) is 4.74 Å². The van der Waals surface area contributed by atoms with Crippen molar-refractivity contribution in [1.29, 1.82) is 0 Å². The fraction of sp³-hybridized carbons (Fsp3) is 0.600. The third-order valence-electron chi connectivity index (χ3n) is 4.87. The van der Waals surface area contributed by atoms with Crippen LogP contribution >= 0.6 is 0 Å². The van der Waals surface area contributed by atoms with Crippen molar-refractivity contribution in [3.05, 3.63) is 30.0 Å². The number of morpholine rings is 1. The van der Waals surface area contributed by atoms with E-state index in [1.807, 2.05) is 12.1 Å². The highest BCUT2D eigenvalue weighted by molar-refractivity contribution is 5.89. The minimum Gasteiger partial charge on any atom is -0.372 e. The number of allylic oxidation sites excluding steroid dienone is 1. The van der Waals surface area contributed by atoms with Crippen LogP contribution in [-0.4, -0.2) is 42.9 Å². The lowest BCUT2D eigenvalue weighted by Crippen LogP contribution is -2.45. The molecule has 2 aliphatic rings. The Morgan fingerprint density at radius 3 is 2.73 bits per heavy atom. The number of anilines is 2. The summed E-state index contributed by atoms with van der Waals surface area (Å²) in [4.78, 5) is 18.7. The van der Waals surface area contributed by atoms with Crippen molar-refractivity contribution < 1.29 is 9.53 Å². The molecule has 0 spiro atoms. The van der Waals surface area contributed by atoms with Gasteiger partial charge in [-0.05, 0) is 58.1 Å². The van der Waals surface area contributed by atoms with Gasteiger partial charge in [0.1, 0.15) is 5.82 Å². The van der Waals surface area contributed by atoms with Crippen LogP contribution in [0.2, 0.25) is 0 Å². The number of urea groups is 1. The minimum absolute atomic E-state index is 0.176. The largest absolute Gasteiger partial charge is 0.372 e. The molecule has 1 aromatic heterocycles. The van der Waals surface area contributed by atoms with Gasteiger partial charge in [0, 0.05) is 19.6 Å². The van der Waals surface area contributed by atoms with Crippen LogP contribution in [0.3, 0.4) is 0 Å². The first-order valence-electron chi connectivity index (χ1n) is 9.69. The maximum absolute atomic E-state index is 12.0. The smallest absolute Gasteiger partial charge is 0.319 e. The molecule has 1 saturated heterocycles. The van der Waals surface area contributed by atoms with Gasteiger partial charge < -0.3 is 20.3 Å². The van der Waals surface area contributed by atoms with Gasteiger partial charge in [-0.15, -0.1) is 0 Å². The molecule has 0 aromatic carbocycles. The number of carbonyl (C=O) groups excluding carboxylic acids is 1.